The quantitative estimate of drug-likeness (QED) is 0.590. The van der Waals surface area contributed by atoms with Gasteiger partial charge < -0.3 is 10.4 Å². The van der Waals surface area contributed by atoms with E-state index in [1.807, 2.05) is 0 Å². The Balaban J connectivity index is 2.04. The largest absolute Gasteiger partial charge is 0.476 e. The van der Waals surface area contributed by atoms with Gasteiger partial charge in [-0.2, -0.15) is 5.10 Å². The lowest BCUT2D eigenvalue weighted by atomic mass is 10.1. The molecule has 0 saturated carbocycles. The number of hydrogen-bond donors (Lipinski definition) is 2. The molecular weight excluding hydrogens is 429 g/mol. The van der Waals surface area contributed by atoms with E-state index in [2.05, 4.69) is 10.4 Å². The van der Waals surface area contributed by atoms with Crippen LogP contribution in [-0.2, 0) is 4.79 Å². The molecule has 0 aliphatic carbocycles. The minimum Gasteiger partial charge on any atom is -0.476 e. The van der Waals surface area contributed by atoms with E-state index in [1.54, 1.807) is 12.1 Å². The van der Waals surface area contributed by atoms with Gasteiger partial charge in [0.25, 0.3) is 5.56 Å². The summed E-state index contributed by atoms with van der Waals surface area (Å²) >= 11 is 17.9. The molecule has 28 heavy (non-hydrogen) atoms. The first-order valence-electron chi connectivity index (χ1n) is 7.91. The summed E-state index contributed by atoms with van der Waals surface area (Å²) in [4.78, 5) is 36.9. The van der Waals surface area contributed by atoms with Crippen LogP contribution >= 0.6 is 34.8 Å². The van der Waals surface area contributed by atoms with Gasteiger partial charge in [0.05, 0.1) is 26.1 Å². The number of rotatable bonds is 4. The van der Waals surface area contributed by atoms with Crippen molar-refractivity contribution in [2.24, 2.45) is 0 Å². The Bertz CT molecular complexity index is 1180. The van der Waals surface area contributed by atoms with Crippen LogP contribution < -0.4 is 10.9 Å². The molecule has 1 unspecified atom stereocenters. The van der Waals surface area contributed by atoms with Gasteiger partial charge in [0.1, 0.15) is 6.04 Å². The Morgan fingerprint density at radius 2 is 1.68 bits per heavy atom. The van der Waals surface area contributed by atoms with Gasteiger partial charge in [-0.05, 0) is 25.1 Å². The molecule has 3 rings (SSSR count). The molecule has 0 saturated heterocycles. The number of carbonyl (C=O) groups excluding carboxylic acids is 1. The highest BCUT2D eigenvalue weighted by molar-refractivity contribution is 6.44. The van der Waals surface area contributed by atoms with Crippen molar-refractivity contribution in [3.05, 3.63) is 67.5 Å². The molecule has 7 nitrogen and oxygen atoms in total. The van der Waals surface area contributed by atoms with E-state index in [0.29, 0.717) is 0 Å². The average Bonchev–Trinajstić information content (AvgIpc) is 2.65. The number of hydrogen-bond acceptors (Lipinski definition) is 4. The third-order valence-corrected chi connectivity index (χ3v) is 5.08. The van der Waals surface area contributed by atoms with Gasteiger partial charge in [0.15, 0.2) is 5.69 Å². The molecule has 0 bridgehead atoms. The van der Waals surface area contributed by atoms with Gasteiger partial charge in [0.2, 0.25) is 5.91 Å². The Morgan fingerprint density at radius 3 is 2.32 bits per heavy atom. The molecule has 0 radical (unpaired) electrons. The van der Waals surface area contributed by atoms with E-state index < -0.39 is 23.5 Å². The second-order valence-electron chi connectivity index (χ2n) is 5.86. The van der Waals surface area contributed by atoms with Crippen molar-refractivity contribution in [2.45, 2.75) is 13.0 Å². The van der Waals surface area contributed by atoms with E-state index in [0.717, 1.165) is 4.68 Å². The maximum atomic E-state index is 12.7. The number of fused-ring (bicyclic) bond motifs is 1. The van der Waals surface area contributed by atoms with Crippen molar-refractivity contribution in [1.82, 2.24) is 9.78 Å². The minimum absolute atomic E-state index is 0.141. The first-order chi connectivity index (χ1) is 13.2. The highest BCUT2D eigenvalue weighted by Gasteiger charge is 2.23. The molecule has 1 amide bonds. The summed E-state index contributed by atoms with van der Waals surface area (Å²) < 4.78 is 0.826. The zero-order valence-electron chi connectivity index (χ0n) is 14.2. The van der Waals surface area contributed by atoms with E-state index in [-0.39, 0.29) is 37.2 Å². The third-order valence-electron chi connectivity index (χ3n) is 4.05. The van der Waals surface area contributed by atoms with Gasteiger partial charge >= 0.3 is 5.97 Å². The Kier molecular flexibility index (Phi) is 5.60. The number of aromatic nitrogens is 2. The second-order valence-corrected chi connectivity index (χ2v) is 7.08. The number of carbonyl (C=O) groups is 2. The molecule has 1 atom stereocenters. The predicted molar refractivity (Wildman–Crippen MR) is 108 cm³/mol. The third kappa shape index (κ3) is 3.69. The van der Waals surface area contributed by atoms with E-state index >= 15 is 0 Å². The molecule has 3 aromatic rings. The van der Waals surface area contributed by atoms with Crippen LogP contribution in [0.5, 0.6) is 0 Å². The highest BCUT2D eigenvalue weighted by Crippen LogP contribution is 2.32. The van der Waals surface area contributed by atoms with Crippen LogP contribution in [0.4, 0.5) is 5.69 Å². The SMILES string of the molecule is CC(C(=O)Nc1cc(Cl)c(Cl)cc1Cl)n1nc(C(=O)O)c2ccccc2c1=O. The van der Waals surface area contributed by atoms with Gasteiger partial charge in [-0.3, -0.25) is 9.59 Å². The number of carboxylic acids is 1. The lowest BCUT2D eigenvalue weighted by Gasteiger charge is -2.16. The van der Waals surface area contributed by atoms with Gasteiger partial charge in [-0.25, -0.2) is 9.48 Å². The van der Waals surface area contributed by atoms with E-state index in [9.17, 15) is 19.5 Å². The Morgan fingerprint density at radius 1 is 1.07 bits per heavy atom. The fourth-order valence-electron chi connectivity index (χ4n) is 2.59. The lowest BCUT2D eigenvalue weighted by molar-refractivity contribution is -0.119. The molecular formula is C18H12Cl3N3O4. The average molecular weight is 441 g/mol. The summed E-state index contributed by atoms with van der Waals surface area (Å²) in [5.74, 6) is -1.95. The maximum Gasteiger partial charge on any atom is 0.357 e. The fourth-order valence-corrected chi connectivity index (χ4v) is 3.19. The normalized spacial score (nSPS) is 12.0. The molecule has 10 heteroatoms. The van der Waals surface area contributed by atoms with Crippen LogP contribution in [0.25, 0.3) is 10.8 Å². The number of nitrogens with zero attached hydrogens (tertiary/aromatic N) is 2. The molecule has 0 spiro atoms. The van der Waals surface area contributed by atoms with Crippen molar-refractivity contribution in [3.8, 4) is 0 Å². The number of benzene rings is 2. The Hall–Kier alpha value is -2.61. The van der Waals surface area contributed by atoms with Crippen LogP contribution in [0.1, 0.15) is 23.5 Å². The smallest absolute Gasteiger partial charge is 0.357 e. The first-order valence-corrected chi connectivity index (χ1v) is 9.04. The number of aromatic carboxylic acids is 1. The topological polar surface area (TPSA) is 101 Å². The summed E-state index contributed by atoms with van der Waals surface area (Å²) in [7, 11) is 0. The van der Waals surface area contributed by atoms with Crippen LogP contribution in [0.15, 0.2) is 41.2 Å². The second kappa shape index (κ2) is 7.79. The van der Waals surface area contributed by atoms with Gasteiger partial charge in [-0.15, -0.1) is 0 Å². The fraction of sp³-hybridized carbons (Fsp3) is 0.111. The monoisotopic (exact) mass is 439 g/mol. The molecule has 2 aromatic carbocycles. The van der Waals surface area contributed by atoms with Crippen molar-refractivity contribution >= 4 is 63.1 Å². The summed E-state index contributed by atoms with van der Waals surface area (Å²) in [5.41, 5.74) is -0.730. The highest BCUT2D eigenvalue weighted by atomic mass is 35.5. The van der Waals surface area contributed by atoms with Crippen LogP contribution in [0, 0.1) is 0 Å². The number of nitrogens with one attached hydrogen (secondary N) is 1. The van der Waals surface area contributed by atoms with Crippen molar-refractivity contribution in [3.63, 3.8) is 0 Å². The number of amides is 1. The molecule has 0 fully saturated rings. The van der Waals surface area contributed by atoms with E-state index in [1.165, 1.54) is 31.2 Å². The first kappa shape index (κ1) is 20.1. The number of anilines is 1. The molecule has 0 aliphatic rings. The number of halogens is 3. The maximum absolute atomic E-state index is 12.7. The van der Waals surface area contributed by atoms with Crippen molar-refractivity contribution in [1.29, 1.82) is 0 Å². The number of carboxylic acid groups (broad SMARTS) is 1. The standard InChI is InChI=1S/C18H12Cl3N3O4/c1-8(16(25)22-14-7-12(20)11(19)6-13(14)21)24-17(26)10-5-3-2-4-9(10)15(23-24)18(27)28/h2-8H,1H3,(H,22,25)(H,27,28). The van der Waals surface area contributed by atoms with E-state index in [4.69, 9.17) is 34.8 Å². The predicted octanol–water partition coefficient (Wildman–Crippen LogP) is 4.25. The minimum atomic E-state index is -1.31. The summed E-state index contributed by atoms with van der Waals surface area (Å²) in [6.45, 7) is 1.41. The Labute approximate surface area is 173 Å². The zero-order chi connectivity index (χ0) is 20.6. The van der Waals surface area contributed by atoms with Crippen LogP contribution in [-0.4, -0.2) is 26.8 Å². The molecule has 1 aromatic heterocycles. The molecule has 1 heterocycles. The van der Waals surface area contributed by atoms with Gasteiger partial charge in [-0.1, -0.05) is 53.0 Å². The summed E-state index contributed by atoms with van der Waals surface area (Å²) in [5, 5.41) is 16.7. The van der Waals surface area contributed by atoms with Crippen LogP contribution in [0.3, 0.4) is 0 Å². The van der Waals surface area contributed by atoms with Gasteiger partial charge in [0, 0.05) is 5.39 Å². The summed E-state index contributed by atoms with van der Waals surface area (Å²) in [6.07, 6.45) is 0. The van der Waals surface area contributed by atoms with Crippen LogP contribution in [0.2, 0.25) is 15.1 Å². The summed E-state index contributed by atoms with van der Waals surface area (Å²) in [6, 6.07) is 7.77. The molecule has 144 valence electrons. The molecule has 0 aliphatic heterocycles. The zero-order valence-corrected chi connectivity index (χ0v) is 16.5. The van der Waals surface area contributed by atoms with Crippen molar-refractivity contribution in [2.75, 3.05) is 5.32 Å². The lowest BCUT2D eigenvalue weighted by Crippen LogP contribution is -2.34. The van der Waals surface area contributed by atoms with Crippen molar-refractivity contribution < 1.29 is 14.7 Å². The molecule has 2 N–H and O–H groups in total.